The Morgan fingerprint density at radius 3 is 2.58 bits per heavy atom. The molecule has 0 bridgehead atoms. The Hall–Kier alpha value is -4.40. The van der Waals surface area contributed by atoms with Gasteiger partial charge in [0.15, 0.2) is 0 Å². The number of carbonyl (C=O) groups is 2. The van der Waals surface area contributed by atoms with Gasteiger partial charge < -0.3 is 15.0 Å². The van der Waals surface area contributed by atoms with Crippen molar-refractivity contribution >= 4 is 28.7 Å². The number of aromatic amines is 1. The fraction of sp³-hybridized carbons (Fsp3) is 0.0909. The number of pyridine rings is 2. The number of hydrogen-bond donors (Lipinski definition) is 4. The number of fused-ring (bicyclic) bond motifs is 1. The van der Waals surface area contributed by atoms with Gasteiger partial charge in [-0.3, -0.25) is 15.2 Å². The molecule has 0 fully saturated rings. The van der Waals surface area contributed by atoms with Crippen LogP contribution in [-0.2, 0) is 0 Å². The zero-order valence-electron chi connectivity index (χ0n) is 16.9. The van der Waals surface area contributed by atoms with Crippen LogP contribution in [0.15, 0.2) is 60.9 Å². The van der Waals surface area contributed by atoms with Gasteiger partial charge in [-0.15, -0.1) is 0 Å². The quantitative estimate of drug-likeness (QED) is 0.380. The molecule has 31 heavy (non-hydrogen) atoms. The fourth-order valence-corrected chi connectivity index (χ4v) is 3.14. The molecule has 3 aromatic heterocycles. The molecular formula is C22H20N6O3. The number of ether oxygens (including phenoxy) is 1. The van der Waals surface area contributed by atoms with Crippen molar-refractivity contribution in [1.29, 1.82) is 0 Å². The Bertz CT molecular complexity index is 1250. The smallest absolute Gasteiger partial charge is 0.337 e. The minimum Gasteiger partial charge on any atom is -0.497 e. The summed E-state index contributed by atoms with van der Waals surface area (Å²) >= 11 is 0. The number of aromatic nitrogens is 3. The van der Waals surface area contributed by atoms with Crippen LogP contribution in [-0.4, -0.2) is 34.0 Å². The van der Waals surface area contributed by atoms with E-state index in [2.05, 4.69) is 31.1 Å². The number of carbonyl (C=O) groups excluding carboxylic acids is 2. The molecule has 3 heterocycles. The summed E-state index contributed by atoms with van der Waals surface area (Å²) in [5, 5.41) is 3.56. The van der Waals surface area contributed by atoms with Gasteiger partial charge in [-0.25, -0.2) is 15.2 Å². The second-order valence-electron chi connectivity index (χ2n) is 6.69. The van der Waals surface area contributed by atoms with E-state index in [0.29, 0.717) is 22.7 Å². The second-order valence-corrected chi connectivity index (χ2v) is 6.69. The van der Waals surface area contributed by atoms with Crippen molar-refractivity contribution in [2.24, 2.45) is 0 Å². The Morgan fingerprint density at radius 1 is 1.03 bits per heavy atom. The van der Waals surface area contributed by atoms with Crippen molar-refractivity contribution in [3.05, 3.63) is 72.2 Å². The normalized spacial score (nSPS) is 10.5. The lowest BCUT2D eigenvalue weighted by molar-refractivity contribution is 0.0937. The second kappa shape index (κ2) is 8.54. The third kappa shape index (κ3) is 4.30. The molecule has 156 valence electrons. The molecule has 4 rings (SSSR count). The summed E-state index contributed by atoms with van der Waals surface area (Å²) in [6, 6.07) is 13.5. The molecule has 0 aliphatic carbocycles. The van der Waals surface area contributed by atoms with Gasteiger partial charge >= 0.3 is 6.03 Å². The number of nitrogens with zero attached hydrogens (tertiary/aromatic N) is 2. The van der Waals surface area contributed by atoms with Crippen LogP contribution in [0.5, 0.6) is 5.75 Å². The maximum atomic E-state index is 12.5. The molecule has 0 atom stereocenters. The number of hydrogen-bond acceptors (Lipinski definition) is 5. The van der Waals surface area contributed by atoms with Crippen molar-refractivity contribution in [2.45, 2.75) is 6.92 Å². The molecule has 0 radical (unpaired) electrons. The molecule has 4 aromatic rings. The monoisotopic (exact) mass is 416 g/mol. The van der Waals surface area contributed by atoms with E-state index in [9.17, 15) is 9.59 Å². The van der Waals surface area contributed by atoms with Gasteiger partial charge in [0.25, 0.3) is 5.91 Å². The van der Waals surface area contributed by atoms with Gasteiger partial charge in [-0.1, -0.05) is 0 Å². The molecule has 0 aliphatic heterocycles. The molecule has 9 nitrogen and oxygen atoms in total. The number of amides is 3. The van der Waals surface area contributed by atoms with E-state index in [1.807, 2.05) is 18.3 Å². The Labute approximate surface area is 177 Å². The molecular weight excluding hydrogens is 396 g/mol. The topological polar surface area (TPSA) is 121 Å². The summed E-state index contributed by atoms with van der Waals surface area (Å²) in [5.74, 6) is 0.205. The first-order chi connectivity index (χ1) is 15.0. The van der Waals surface area contributed by atoms with Crippen molar-refractivity contribution < 1.29 is 14.3 Å². The zero-order chi connectivity index (χ0) is 21.8. The molecule has 0 saturated carbocycles. The highest BCUT2D eigenvalue weighted by Crippen LogP contribution is 2.26. The standard InChI is InChI=1S/C22H20N6O3/c1-13-16(9-10-19(25-13)18-12-24-20-17(18)4-3-11-23-20)21(29)27-28-22(30)26-14-5-7-15(31-2)8-6-14/h3-12H,1-2H3,(H,23,24)(H,27,29)(H2,26,28,30). The van der Waals surface area contributed by atoms with E-state index in [4.69, 9.17) is 4.74 Å². The Morgan fingerprint density at radius 2 is 1.84 bits per heavy atom. The van der Waals surface area contributed by atoms with Crippen LogP contribution in [0.1, 0.15) is 16.1 Å². The van der Waals surface area contributed by atoms with Gasteiger partial charge in [-0.2, -0.15) is 0 Å². The van der Waals surface area contributed by atoms with Gasteiger partial charge in [0.05, 0.1) is 24.1 Å². The SMILES string of the molecule is COc1ccc(NC(=O)NNC(=O)c2ccc(-c3c[nH]c4ncccc34)nc2C)cc1. The lowest BCUT2D eigenvalue weighted by atomic mass is 10.1. The maximum Gasteiger partial charge on any atom is 0.337 e. The number of anilines is 1. The van der Waals surface area contributed by atoms with Crippen LogP contribution in [0, 0.1) is 6.92 Å². The van der Waals surface area contributed by atoms with E-state index in [1.165, 1.54) is 0 Å². The van der Waals surface area contributed by atoms with Crippen LogP contribution in [0.3, 0.4) is 0 Å². The van der Waals surface area contributed by atoms with E-state index in [-0.39, 0.29) is 0 Å². The number of urea groups is 1. The first kappa shape index (κ1) is 19.9. The largest absolute Gasteiger partial charge is 0.497 e. The van der Waals surface area contributed by atoms with Gasteiger partial charge in [0.1, 0.15) is 11.4 Å². The van der Waals surface area contributed by atoms with Crippen LogP contribution >= 0.6 is 0 Å². The van der Waals surface area contributed by atoms with Crippen molar-refractivity contribution in [3.63, 3.8) is 0 Å². The number of rotatable bonds is 4. The van der Waals surface area contributed by atoms with E-state index < -0.39 is 11.9 Å². The van der Waals surface area contributed by atoms with Crippen LogP contribution in [0.4, 0.5) is 10.5 Å². The third-order valence-electron chi connectivity index (χ3n) is 4.69. The van der Waals surface area contributed by atoms with Gasteiger partial charge in [0.2, 0.25) is 0 Å². The average Bonchev–Trinajstić information content (AvgIpc) is 3.22. The first-order valence-corrected chi connectivity index (χ1v) is 9.46. The highest BCUT2D eigenvalue weighted by Gasteiger charge is 2.14. The number of nitrogens with one attached hydrogen (secondary N) is 4. The zero-order valence-corrected chi connectivity index (χ0v) is 16.9. The van der Waals surface area contributed by atoms with Gasteiger partial charge in [0, 0.05) is 29.0 Å². The average molecular weight is 416 g/mol. The van der Waals surface area contributed by atoms with E-state index >= 15 is 0 Å². The summed E-state index contributed by atoms with van der Waals surface area (Å²) in [6.45, 7) is 1.74. The van der Waals surface area contributed by atoms with Crippen molar-refractivity contribution in [3.8, 4) is 17.0 Å². The molecule has 0 saturated heterocycles. The summed E-state index contributed by atoms with van der Waals surface area (Å²) < 4.78 is 5.07. The molecule has 0 spiro atoms. The number of H-pyrrole nitrogens is 1. The lowest BCUT2D eigenvalue weighted by Crippen LogP contribution is -2.44. The van der Waals surface area contributed by atoms with Crippen molar-refractivity contribution in [2.75, 3.05) is 12.4 Å². The van der Waals surface area contributed by atoms with Crippen LogP contribution < -0.4 is 20.9 Å². The van der Waals surface area contributed by atoms with Gasteiger partial charge in [-0.05, 0) is 55.5 Å². The fourth-order valence-electron chi connectivity index (χ4n) is 3.14. The molecule has 0 unspecified atom stereocenters. The van der Waals surface area contributed by atoms with E-state index in [1.54, 1.807) is 56.6 Å². The minimum atomic E-state index is -0.577. The highest BCUT2D eigenvalue weighted by atomic mass is 16.5. The highest BCUT2D eigenvalue weighted by molar-refractivity contribution is 5.98. The summed E-state index contributed by atoms with van der Waals surface area (Å²) in [7, 11) is 1.56. The lowest BCUT2D eigenvalue weighted by Gasteiger charge is -2.11. The van der Waals surface area contributed by atoms with Crippen LogP contribution in [0.2, 0.25) is 0 Å². The molecule has 9 heteroatoms. The van der Waals surface area contributed by atoms with Crippen LogP contribution in [0.25, 0.3) is 22.3 Å². The number of aryl methyl sites for hydroxylation is 1. The molecule has 0 aliphatic rings. The molecule has 3 amide bonds. The van der Waals surface area contributed by atoms with Crippen molar-refractivity contribution in [1.82, 2.24) is 25.8 Å². The van der Waals surface area contributed by atoms with E-state index in [0.717, 1.165) is 22.3 Å². The number of benzene rings is 1. The molecule has 1 aromatic carbocycles. The third-order valence-corrected chi connectivity index (χ3v) is 4.69. The maximum absolute atomic E-state index is 12.5. The Balaban J connectivity index is 1.41. The minimum absolute atomic E-state index is 0.353. The number of methoxy groups -OCH3 is 1. The predicted molar refractivity (Wildman–Crippen MR) is 117 cm³/mol. The summed E-state index contributed by atoms with van der Waals surface area (Å²) in [5.41, 5.74) is 8.55. The summed E-state index contributed by atoms with van der Waals surface area (Å²) in [4.78, 5) is 36.5. The Kier molecular flexibility index (Phi) is 5.48. The summed E-state index contributed by atoms with van der Waals surface area (Å²) in [6.07, 6.45) is 3.55. The molecule has 4 N–H and O–H groups in total. The first-order valence-electron chi connectivity index (χ1n) is 9.46. The predicted octanol–water partition coefficient (Wildman–Crippen LogP) is 3.41. The number of hydrazine groups is 1.